The number of hydrogen-bond acceptors (Lipinski definition) is 3. The van der Waals surface area contributed by atoms with Crippen molar-refractivity contribution in [3.8, 4) is 0 Å². The second kappa shape index (κ2) is 5.15. The molecule has 2 aromatic rings. The van der Waals surface area contributed by atoms with Crippen molar-refractivity contribution >= 4 is 0 Å². The highest BCUT2D eigenvalue weighted by Crippen LogP contribution is 2.18. The average Bonchev–Trinajstić information content (AvgIpc) is 2.87. The highest BCUT2D eigenvalue weighted by molar-refractivity contribution is 5.23. The van der Waals surface area contributed by atoms with Gasteiger partial charge in [0.1, 0.15) is 5.82 Å². The summed E-state index contributed by atoms with van der Waals surface area (Å²) < 4.78 is 2.18. The van der Waals surface area contributed by atoms with Crippen molar-refractivity contribution in [3.05, 3.63) is 53.6 Å². The lowest BCUT2D eigenvalue weighted by Crippen LogP contribution is -2.36. The Balaban J connectivity index is 1.64. The van der Waals surface area contributed by atoms with Crippen LogP contribution >= 0.6 is 0 Å². The summed E-state index contributed by atoms with van der Waals surface area (Å²) >= 11 is 0. The molecule has 0 fully saturated rings. The third-order valence-electron chi connectivity index (χ3n) is 3.72. The van der Waals surface area contributed by atoms with E-state index in [2.05, 4.69) is 21.4 Å². The summed E-state index contributed by atoms with van der Waals surface area (Å²) in [7, 11) is 0. The van der Waals surface area contributed by atoms with E-state index in [9.17, 15) is 5.11 Å². The van der Waals surface area contributed by atoms with E-state index in [0.717, 1.165) is 31.0 Å². The van der Waals surface area contributed by atoms with E-state index in [4.69, 9.17) is 0 Å². The first-order valence-corrected chi connectivity index (χ1v) is 6.69. The van der Waals surface area contributed by atoms with Gasteiger partial charge in [-0.1, -0.05) is 29.8 Å². The Bertz CT molecular complexity index is 547. The van der Waals surface area contributed by atoms with Gasteiger partial charge in [0.15, 0.2) is 0 Å². The normalized spacial score (nSPS) is 17.2. The van der Waals surface area contributed by atoms with E-state index in [1.807, 2.05) is 36.7 Å². The summed E-state index contributed by atoms with van der Waals surface area (Å²) in [5, 5.41) is 10.3. The van der Waals surface area contributed by atoms with Crippen LogP contribution in [0, 0.1) is 6.92 Å². The van der Waals surface area contributed by atoms with Crippen LogP contribution in [-0.4, -0.2) is 32.6 Å². The van der Waals surface area contributed by atoms with Crippen LogP contribution in [0.3, 0.4) is 0 Å². The molecule has 2 heterocycles. The van der Waals surface area contributed by atoms with E-state index in [-0.39, 0.29) is 0 Å². The van der Waals surface area contributed by atoms with Crippen molar-refractivity contribution in [2.45, 2.75) is 26.1 Å². The molecule has 1 N–H and O–H groups in total. The first-order chi connectivity index (χ1) is 9.22. The predicted octanol–water partition coefficient (Wildman–Crippen LogP) is 1.74. The summed E-state index contributed by atoms with van der Waals surface area (Å²) in [6, 6.07) is 8.10. The number of benzene rings is 1. The zero-order chi connectivity index (χ0) is 13.2. The maximum atomic E-state index is 10.3. The molecule has 1 aliphatic rings. The van der Waals surface area contributed by atoms with Crippen molar-refractivity contribution < 1.29 is 5.11 Å². The van der Waals surface area contributed by atoms with E-state index in [1.165, 1.54) is 5.56 Å². The van der Waals surface area contributed by atoms with Crippen LogP contribution < -0.4 is 0 Å². The van der Waals surface area contributed by atoms with Gasteiger partial charge in [0, 0.05) is 32.0 Å². The van der Waals surface area contributed by atoms with Crippen LogP contribution in [-0.2, 0) is 13.1 Å². The summed E-state index contributed by atoms with van der Waals surface area (Å²) in [5.74, 6) is 1.09. The van der Waals surface area contributed by atoms with Gasteiger partial charge in [0.25, 0.3) is 0 Å². The van der Waals surface area contributed by atoms with Crippen LogP contribution in [0.4, 0.5) is 0 Å². The van der Waals surface area contributed by atoms with Crippen molar-refractivity contribution in [3.63, 3.8) is 0 Å². The third-order valence-corrected chi connectivity index (χ3v) is 3.72. The van der Waals surface area contributed by atoms with Gasteiger partial charge in [-0.05, 0) is 12.5 Å². The maximum Gasteiger partial charge on any atom is 0.122 e. The van der Waals surface area contributed by atoms with Gasteiger partial charge in [-0.25, -0.2) is 4.98 Å². The third kappa shape index (κ3) is 2.69. The largest absolute Gasteiger partial charge is 0.387 e. The molecule has 0 spiro atoms. The summed E-state index contributed by atoms with van der Waals surface area (Å²) in [5.41, 5.74) is 2.20. The minimum absolute atomic E-state index is 0.429. The number of aliphatic hydroxyl groups excluding tert-OH is 1. The van der Waals surface area contributed by atoms with Crippen molar-refractivity contribution in [1.29, 1.82) is 0 Å². The molecule has 0 saturated carbocycles. The lowest BCUT2D eigenvalue weighted by molar-refractivity contribution is 0.0962. The summed E-state index contributed by atoms with van der Waals surface area (Å²) in [6.07, 6.45) is 3.43. The van der Waals surface area contributed by atoms with Gasteiger partial charge < -0.3 is 9.67 Å². The Morgan fingerprint density at radius 2 is 2.05 bits per heavy atom. The lowest BCUT2D eigenvalue weighted by atomic mass is 10.1. The fraction of sp³-hybridized carbons (Fsp3) is 0.400. The lowest BCUT2D eigenvalue weighted by Gasteiger charge is -2.29. The standard InChI is InChI=1S/C15H19N3O/c1-12-2-4-13(5-3-12)14(19)10-17-8-9-18-7-6-16-15(18)11-17/h2-7,14,19H,8-11H2,1H3. The zero-order valence-corrected chi connectivity index (χ0v) is 11.2. The second-order valence-corrected chi connectivity index (χ2v) is 5.20. The molecule has 1 aromatic heterocycles. The fourth-order valence-electron chi connectivity index (χ4n) is 2.52. The molecule has 0 radical (unpaired) electrons. The number of β-amino-alcohol motifs (C(OH)–C–C–N with tert-alkyl or cyclic N) is 1. The van der Waals surface area contributed by atoms with Crippen LogP contribution in [0.5, 0.6) is 0 Å². The van der Waals surface area contributed by atoms with E-state index in [0.29, 0.717) is 6.54 Å². The number of hydrogen-bond donors (Lipinski definition) is 1. The van der Waals surface area contributed by atoms with Gasteiger partial charge in [0.05, 0.1) is 12.6 Å². The fourth-order valence-corrected chi connectivity index (χ4v) is 2.52. The van der Waals surface area contributed by atoms with Gasteiger partial charge >= 0.3 is 0 Å². The van der Waals surface area contributed by atoms with Gasteiger partial charge in [-0.3, -0.25) is 4.90 Å². The van der Waals surface area contributed by atoms with Gasteiger partial charge in [0.2, 0.25) is 0 Å². The molecule has 0 bridgehead atoms. The molecule has 19 heavy (non-hydrogen) atoms. The van der Waals surface area contributed by atoms with Crippen LogP contribution in [0.25, 0.3) is 0 Å². The maximum absolute atomic E-state index is 10.3. The molecule has 1 aliphatic heterocycles. The smallest absolute Gasteiger partial charge is 0.122 e. The first-order valence-electron chi connectivity index (χ1n) is 6.69. The summed E-state index contributed by atoms with van der Waals surface area (Å²) in [6.45, 7) is 5.45. The van der Waals surface area contributed by atoms with E-state index >= 15 is 0 Å². The molecule has 4 nitrogen and oxygen atoms in total. The molecule has 0 aliphatic carbocycles. The number of imidazole rings is 1. The molecule has 1 aromatic carbocycles. The van der Waals surface area contributed by atoms with Gasteiger partial charge in [-0.15, -0.1) is 0 Å². The van der Waals surface area contributed by atoms with Gasteiger partial charge in [-0.2, -0.15) is 0 Å². The quantitative estimate of drug-likeness (QED) is 0.910. The molecule has 1 atom stereocenters. The van der Waals surface area contributed by atoms with Crippen LogP contribution in [0.2, 0.25) is 0 Å². The first kappa shape index (κ1) is 12.4. The van der Waals surface area contributed by atoms with Crippen molar-refractivity contribution in [1.82, 2.24) is 14.5 Å². The zero-order valence-electron chi connectivity index (χ0n) is 11.2. The minimum atomic E-state index is -0.429. The highest BCUT2D eigenvalue weighted by Gasteiger charge is 2.19. The Labute approximate surface area is 113 Å². The Hall–Kier alpha value is -1.65. The molecule has 100 valence electrons. The monoisotopic (exact) mass is 257 g/mol. The number of aromatic nitrogens is 2. The number of aryl methyl sites for hydroxylation is 1. The van der Waals surface area contributed by atoms with E-state index < -0.39 is 6.10 Å². The topological polar surface area (TPSA) is 41.3 Å². The summed E-state index contributed by atoms with van der Waals surface area (Å²) in [4.78, 5) is 6.60. The number of fused-ring (bicyclic) bond motifs is 1. The molecular weight excluding hydrogens is 238 g/mol. The number of nitrogens with zero attached hydrogens (tertiary/aromatic N) is 3. The number of rotatable bonds is 3. The van der Waals surface area contributed by atoms with Crippen LogP contribution in [0.1, 0.15) is 23.1 Å². The van der Waals surface area contributed by atoms with Crippen molar-refractivity contribution in [2.75, 3.05) is 13.1 Å². The number of aliphatic hydroxyl groups is 1. The van der Waals surface area contributed by atoms with E-state index in [1.54, 1.807) is 0 Å². The predicted molar refractivity (Wildman–Crippen MR) is 73.6 cm³/mol. The molecule has 1 unspecified atom stereocenters. The highest BCUT2D eigenvalue weighted by atomic mass is 16.3. The minimum Gasteiger partial charge on any atom is -0.387 e. The Morgan fingerprint density at radius 3 is 2.84 bits per heavy atom. The van der Waals surface area contributed by atoms with Crippen LogP contribution in [0.15, 0.2) is 36.7 Å². The molecule has 0 amide bonds. The average molecular weight is 257 g/mol. The molecule has 4 heteroatoms. The SMILES string of the molecule is Cc1ccc(C(O)CN2CCn3ccnc3C2)cc1. The Morgan fingerprint density at radius 1 is 1.26 bits per heavy atom. The Kier molecular flexibility index (Phi) is 3.36. The second-order valence-electron chi connectivity index (χ2n) is 5.20. The molecule has 3 rings (SSSR count). The molecule has 0 saturated heterocycles. The molecular formula is C15H19N3O. The van der Waals surface area contributed by atoms with Crippen molar-refractivity contribution in [2.24, 2.45) is 0 Å².